The summed E-state index contributed by atoms with van der Waals surface area (Å²) in [6.45, 7) is 3.58. The maximum Gasteiger partial charge on any atom is 0.162 e. The molecular weight excluding hydrogens is 230 g/mol. The SMILES string of the molecule is Cc1[nH]c(CN)nc1-c1ccc2c(c1)OCCO2. The van der Waals surface area contributed by atoms with Gasteiger partial charge in [0.05, 0.1) is 12.2 Å². The molecule has 18 heavy (non-hydrogen) atoms. The van der Waals surface area contributed by atoms with Crippen molar-refractivity contribution in [1.29, 1.82) is 0 Å². The highest BCUT2D eigenvalue weighted by Gasteiger charge is 2.15. The van der Waals surface area contributed by atoms with Crippen LogP contribution >= 0.6 is 0 Å². The molecule has 5 heteroatoms. The predicted octanol–water partition coefficient (Wildman–Crippen LogP) is 1.62. The van der Waals surface area contributed by atoms with Gasteiger partial charge in [-0.05, 0) is 25.1 Å². The quantitative estimate of drug-likeness (QED) is 0.843. The van der Waals surface area contributed by atoms with Gasteiger partial charge in [-0.1, -0.05) is 0 Å². The van der Waals surface area contributed by atoms with Crippen LogP contribution in [0, 0.1) is 6.92 Å². The number of nitrogens with one attached hydrogen (secondary N) is 1. The number of fused-ring (bicyclic) bond motifs is 1. The van der Waals surface area contributed by atoms with Gasteiger partial charge in [-0.25, -0.2) is 4.98 Å². The second-order valence-corrected chi connectivity index (χ2v) is 4.22. The van der Waals surface area contributed by atoms with E-state index >= 15 is 0 Å². The van der Waals surface area contributed by atoms with Crippen molar-refractivity contribution < 1.29 is 9.47 Å². The van der Waals surface area contributed by atoms with Crippen LogP contribution in [-0.2, 0) is 6.54 Å². The number of nitrogens with two attached hydrogens (primary N) is 1. The number of aryl methyl sites for hydroxylation is 1. The van der Waals surface area contributed by atoms with Crippen molar-refractivity contribution in [2.24, 2.45) is 5.73 Å². The van der Waals surface area contributed by atoms with Crippen molar-refractivity contribution >= 4 is 0 Å². The van der Waals surface area contributed by atoms with Gasteiger partial charge in [0.2, 0.25) is 0 Å². The third kappa shape index (κ3) is 1.82. The molecule has 0 aliphatic carbocycles. The molecule has 3 rings (SSSR count). The molecule has 1 aliphatic heterocycles. The minimum Gasteiger partial charge on any atom is -0.486 e. The molecule has 0 bridgehead atoms. The second-order valence-electron chi connectivity index (χ2n) is 4.22. The molecule has 0 amide bonds. The van der Waals surface area contributed by atoms with E-state index in [0.29, 0.717) is 19.8 Å². The van der Waals surface area contributed by atoms with Gasteiger partial charge in [-0.3, -0.25) is 0 Å². The van der Waals surface area contributed by atoms with Crippen LogP contribution in [0.1, 0.15) is 11.5 Å². The fraction of sp³-hybridized carbons (Fsp3) is 0.308. The first-order valence-corrected chi connectivity index (χ1v) is 5.93. The number of hydrogen-bond donors (Lipinski definition) is 2. The van der Waals surface area contributed by atoms with Gasteiger partial charge in [0.1, 0.15) is 19.0 Å². The van der Waals surface area contributed by atoms with Crippen LogP contribution in [0.15, 0.2) is 18.2 Å². The van der Waals surface area contributed by atoms with Crippen molar-refractivity contribution in [3.8, 4) is 22.8 Å². The van der Waals surface area contributed by atoms with Crippen molar-refractivity contribution in [3.63, 3.8) is 0 Å². The number of rotatable bonds is 2. The Balaban J connectivity index is 2.03. The van der Waals surface area contributed by atoms with Gasteiger partial charge in [0, 0.05) is 11.3 Å². The van der Waals surface area contributed by atoms with Crippen LogP contribution in [0.5, 0.6) is 11.5 Å². The van der Waals surface area contributed by atoms with Crippen molar-refractivity contribution in [2.45, 2.75) is 13.5 Å². The van der Waals surface area contributed by atoms with Gasteiger partial charge in [-0.15, -0.1) is 0 Å². The summed E-state index contributed by atoms with van der Waals surface area (Å²) in [6.07, 6.45) is 0. The van der Waals surface area contributed by atoms with Crippen LogP contribution in [0.25, 0.3) is 11.3 Å². The molecule has 0 fully saturated rings. The first-order valence-electron chi connectivity index (χ1n) is 5.93. The number of aromatic nitrogens is 2. The van der Waals surface area contributed by atoms with Crippen LogP contribution in [0.4, 0.5) is 0 Å². The Morgan fingerprint density at radius 3 is 2.78 bits per heavy atom. The topological polar surface area (TPSA) is 73.2 Å². The summed E-state index contributed by atoms with van der Waals surface area (Å²) in [5, 5.41) is 0. The largest absolute Gasteiger partial charge is 0.486 e. The highest BCUT2D eigenvalue weighted by atomic mass is 16.6. The average molecular weight is 245 g/mol. The van der Waals surface area contributed by atoms with Gasteiger partial charge in [-0.2, -0.15) is 0 Å². The number of H-pyrrole nitrogens is 1. The number of aromatic amines is 1. The summed E-state index contributed by atoms with van der Waals surface area (Å²) in [6, 6.07) is 5.86. The van der Waals surface area contributed by atoms with E-state index in [2.05, 4.69) is 9.97 Å². The highest BCUT2D eigenvalue weighted by molar-refractivity contribution is 5.66. The Hall–Kier alpha value is -2.01. The summed E-state index contributed by atoms with van der Waals surface area (Å²) in [7, 11) is 0. The van der Waals surface area contributed by atoms with Gasteiger partial charge in [0.15, 0.2) is 11.5 Å². The minimum absolute atomic E-state index is 0.408. The zero-order chi connectivity index (χ0) is 12.5. The lowest BCUT2D eigenvalue weighted by molar-refractivity contribution is 0.171. The standard InChI is InChI=1S/C13H15N3O2/c1-8-13(16-12(7-14)15-8)9-2-3-10-11(6-9)18-5-4-17-10/h2-3,6H,4-5,7,14H2,1H3,(H,15,16). The average Bonchev–Trinajstić information content (AvgIpc) is 2.79. The van der Waals surface area contributed by atoms with E-state index in [4.69, 9.17) is 15.2 Å². The summed E-state index contributed by atoms with van der Waals surface area (Å²) < 4.78 is 11.1. The first-order chi connectivity index (χ1) is 8.78. The molecule has 0 radical (unpaired) electrons. The molecule has 2 heterocycles. The Bertz CT molecular complexity index is 578. The molecule has 1 aromatic carbocycles. The molecule has 3 N–H and O–H groups in total. The molecule has 1 aromatic heterocycles. The number of hydrogen-bond acceptors (Lipinski definition) is 4. The zero-order valence-corrected chi connectivity index (χ0v) is 10.2. The third-order valence-corrected chi connectivity index (χ3v) is 2.94. The van der Waals surface area contributed by atoms with Gasteiger partial charge >= 0.3 is 0 Å². The summed E-state index contributed by atoms with van der Waals surface area (Å²) >= 11 is 0. The molecule has 94 valence electrons. The fourth-order valence-electron chi connectivity index (χ4n) is 2.09. The lowest BCUT2D eigenvalue weighted by atomic mass is 10.1. The number of ether oxygens (including phenoxy) is 2. The maximum absolute atomic E-state index is 5.58. The number of nitrogens with zero attached hydrogens (tertiary/aromatic N) is 1. The highest BCUT2D eigenvalue weighted by Crippen LogP contribution is 2.34. The monoisotopic (exact) mass is 245 g/mol. The summed E-state index contributed by atoms with van der Waals surface area (Å²) in [4.78, 5) is 7.64. The summed E-state index contributed by atoms with van der Waals surface area (Å²) in [5.74, 6) is 2.35. The molecule has 0 saturated carbocycles. The van der Waals surface area contributed by atoms with E-state index in [1.54, 1.807) is 0 Å². The smallest absolute Gasteiger partial charge is 0.162 e. The van der Waals surface area contributed by atoms with Crippen molar-refractivity contribution in [1.82, 2.24) is 9.97 Å². The molecule has 0 saturated heterocycles. The first kappa shape index (κ1) is 11.1. The van der Waals surface area contributed by atoms with E-state index in [9.17, 15) is 0 Å². The molecule has 1 aliphatic rings. The van der Waals surface area contributed by atoms with Crippen LogP contribution in [-0.4, -0.2) is 23.2 Å². The van der Waals surface area contributed by atoms with Crippen molar-refractivity contribution in [2.75, 3.05) is 13.2 Å². The maximum atomic E-state index is 5.58. The van der Waals surface area contributed by atoms with E-state index < -0.39 is 0 Å². The zero-order valence-electron chi connectivity index (χ0n) is 10.2. The Kier molecular flexibility index (Phi) is 2.68. The Morgan fingerprint density at radius 1 is 1.28 bits per heavy atom. The van der Waals surface area contributed by atoms with Gasteiger partial charge in [0.25, 0.3) is 0 Å². The van der Waals surface area contributed by atoms with Crippen LogP contribution < -0.4 is 15.2 Å². The lowest BCUT2D eigenvalue weighted by Crippen LogP contribution is -2.15. The second kappa shape index (κ2) is 4.34. The van der Waals surface area contributed by atoms with Crippen LogP contribution in [0.3, 0.4) is 0 Å². The van der Waals surface area contributed by atoms with E-state index in [0.717, 1.165) is 34.3 Å². The van der Waals surface area contributed by atoms with E-state index in [1.807, 2.05) is 25.1 Å². The Morgan fingerprint density at radius 2 is 2.06 bits per heavy atom. The minimum atomic E-state index is 0.408. The molecule has 2 aromatic rings. The normalized spacial score (nSPS) is 13.7. The van der Waals surface area contributed by atoms with Crippen molar-refractivity contribution in [3.05, 3.63) is 29.7 Å². The molecule has 0 atom stereocenters. The van der Waals surface area contributed by atoms with Crippen LogP contribution in [0.2, 0.25) is 0 Å². The summed E-state index contributed by atoms with van der Waals surface area (Å²) in [5.41, 5.74) is 8.51. The Labute approximate surface area is 105 Å². The molecule has 5 nitrogen and oxygen atoms in total. The molecular formula is C13H15N3O2. The van der Waals surface area contributed by atoms with Gasteiger partial charge < -0.3 is 20.2 Å². The fourth-order valence-corrected chi connectivity index (χ4v) is 2.09. The van der Waals surface area contributed by atoms with E-state index in [-0.39, 0.29) is 0 Å². The number of benzene rings is 1. The lowest BCUT2D eigenvalue weighted by Gasteiger charge is -2.18. The third-order valence-electron chi connectivity index (χ3n) is 2.94. The molecule has 0 unspecified atom stereocenters. The number of imidazole rings is 1. The predicted molar refractivity (Wildman–Crippen MR) is 67.6 cm³/mol. The molecule has 0 spiro atoms. The van der Waals surface area contributed by atoms with E-state index in [1.165, 1.54) is 0 Å².